The van der Waals surface area contributed by atoms with Crippen LogP contribution in [0.4, 0.5) is 11.5 Å². The lowest BCUT2D eigenvalue weighted by molar-refractivity contribution is -0.385. The van der Waals surface area contributed by atoms with Gasteiger partial charge in [0.1, 0.15) is 12.0 Å². The van der Waals surface area contributed by atoms with Gasteiger partial charge < -0.3 is 10.0 Å². The number of halogens is 1. The fraction of sp³-hybridized carbons (Fsp3) is 0.500. The SMILES string of the molecule is Cc1c([N+](=O)[O-])cnc(N2CCC(C)(C(=O)O)C2)c1Br. The molecule has 0 aromatic carbocycles. The van der Waals surface area contributed by atoms with Crippen LogP contribution < -0.4 is 4.90 Å². The summed E-state index contributed by atoms with van der Waals surface area (Å²) in [6.07, 6.45) is 1.73. The number of rotatable bonds is 3. The van der Waals surface area contributed by atoms with E-state index in [0.717, 1.165) is 0 Å². The Balaban J connectivity index is 2.34. The first kappa shape index (κ1) is 14.7. The molecule has 0 radical (unpaired) electrons. The Kier molecular flexibility index (Phi) is 3.68. The normalized spacial score (nSPS) is 22.1. The minimum Gasteiger partial charge on any atom is -0.481 e. The van der Waals surface area contributed by atoms with Gasteiger partial charge in [-0.05, 0) is 36.2 Å². The summed E-state index contributed by atoms with van der Waals surface area (Å²) >= 11 is 3.33. The zero-order chi connectivity index (χ0) is 15.1. The highest BCUT2D eigenvalue weighted by molar-refractivity contribution is 9.10. The van der Waals surface area contributed by atoms with E-state index in [-0.39, 0.29) is 5.69 Å². The highest BCUT2D eigenvalue weighted by Gasteiger charge is 2.41. The number of hydrogen-bond acceptors (Lipinski definition) is 5. The van der Waals surface area contributed by atoms with E-state index in [2.05, 4.69) is 20.9 Å². The van der Waals surface area contributed by atoms with Crippen LogP contribution in [0.15, 0.2) is 10.7 Å². The molecule has 1 unspecified atom stereocenters. The Morgan fingerprint density at radius 2 is 2.30 bits per heavy atom. The fourth-order valence-electron chi connectivity index (χ4n) is 2.28. The molecule has 0 saturated carbocycles. The minimum atomic E-state index is -0.838. The van der Waals surface area contributed by atoms with Crippen molar-refractivity contribution in [3.05, 3.63) is 26.3 Å². The molecule has 1 aliphatic heterocycles. The molecule has 1 fully saturated rings. The molecule has 1 N–H and O–H groups in total. The number of aliphatic carboxylic acids is 1. The van der Waals surface area contributed by atoms with E-state index in [1.165, 1.54) is 6.20 Å². The lowest BCUT2D eigenvalue weighted by Gasteiger charge is -2.22. The Bertz CT molecular complexity index is 592. The van der Waals surface area contributed by atoms with Crippen molar-refractivity contribution in [2.24, 2.45) is 5.41 Å². The molecule has 1 saturated heterocycles. The third-order valence-corrected chi connectivity index (χ3v) is 4.65. The molecule has 0 spiro atoms. The van der Waals surface area contributed by atoms with Crippen molar-refractivity contribution < 1.29 is 14.8 Å². The molecule has 1 atom stereocenters. The molecule has 1 aliphatic rings. The lowest BCUT2D eigenvalue weighted by Crippen LogP contribution is -2.32. The fourth-order valence-corrected chi connectivity index (χ4v) is 2.83. The van der Waals surface area contributed by atoms with Gasteiger partial charge in [-0.1, -0.05) is 0 Å². The standard InChI is InChI=1S/C12H14BrN3O4/c1-7-8(16(19)20)5-14-10(9(7)13)15-4-3-12(2,6-15)11(17)18/h5H,3-4,6H2,1-2H3,(H,17,18). The molecule has 2 rings (SSSR count). The molecule has 8 heteroatoms. The van der Waals surface area contributed by atoms with Gasteiger partial charge in [-0.25, -0.2) is 4.98 Å². The maximum absolute atomic E-state index is 11.2. The van der Waals surface area contributed by atoms with Gasteiger partial charge in [0.15, 0.2) is 0 Å². The largest absolute Gasteiger partial charge is 0.481 e. The quantitative estimate of drug-likeness (QED) is 0.668. The first-order chi connectivity index (χ1) is 9.26. The van der Waals surface area contributed by atoms with Gasteiger partial charge in [0, 0.05) is 18.7 Å². The van der Waals surface area contributed by atoms with E-state index in [4.69, 9.17) is 0 Å². The van der Waals surface area contributed by atoms with Crippen LogP contribution in [0.5, 0.6) is 0 Å². The van der Waals surface area contributed by atoms with Gasteiger partial charge in [0.05, 0.1) is 14.8 Å². The highest BCUT2D eigenvalue weighted by Crippen LogP contribution is 2.38. The topological polar surface area (TPSA) is 96.6 Å². The van der Waals surface area contributed by atoms with Gasteiger partial charge in [-0.3, -0.25) is 14.9 Å². The molecule has 0 amide bonds. The molecular weight excluding hydrogens is 330 g/mol. The van der Waals surface area contributed by atoms with Crippen LogP contribution in [-0.4, -0.2) is 34.1 Å². The molecule has 2 heterocycles. The van der Waals surface area contributed by atoms with Crippen molar-refractivity contribution in [1.82, 2.24) is 4.98 Å². The molecule has 0 aliphatic carbocycles. The van der Waals surface area contributed by atoms with Crippen molar-refractivity contribution >= 4 is 33.4 Å². The summed E-state index contributed by atoms with van der Waals surface area (Å²) in [6.45, 7) is 4.23. The van der Waals surface area contributed by atoms with Crippen molar-refractivity contribution in [1.29, 1.82) is 0 Å². The van der Waals surface area contributed by atoms with Crippen LogP contribution in [0.25, 0.3) is 0 Å². The molecule has 7 nitrogen and oxygen atoms in total. The van der Waals surface area contributed by atoms with Gasteiger partial charge in [0.25, 0.3) is 5.69 Å². The number of nitrogens with zero attached hydrogens (tertiary/aromatic N) is 3. The van der Waals surface area contributed by atoms with Gasteiger partial charge in [-0.15, -0.1) is 0 Å². The van der Waals surface area contributed by atoms with E-state index >= 15 is 0 Å². The maximum Gasteiger partial charge on any atom is 0.311 e. The number of carboxylic acid groups (broad SMARTS) is 1. The Morgan fingerprint density at radius 3 is 2.80 bits per heavy atom. The van der Waals surface area contributed by atoms with Gasteiger partial charge in [0.2, 0.25) is 0 Å². The summed E-state index contributed by atoms with van der Waals surface area (Å²) in [5, 5.41) is 20.1. The smallest absolute Gasteiger partial charge is 0.311 e. The number of anilines is 1. The molecule has 1 aromatic heterocycles. The first-order valence-corrected chi connectivity index (χ1v) is 6.83. The monoisotopic (exact) mass is 343 g/mol. The van der Waals surface area contributed by atoms with Crippen LogP contribution in [0.2, 0.25) is 0 Å². The third-order valence-electron chi connectivity index (χ3n) is 3.70. The second kappa shape index (κ2) is 5.01. The molecular formula is C12H14BrN3O4. The van der Waals surface area contributed by atoms with E-state index in [0.29, 0.717) is 35.4 Å². The number of carbonyl (C=O) groups is 1. The van der Waals surface area contributed by atoms with E-state index < -0.39 is 16.3 Å². The zero-order valence-electron chi connectivity index (χ0n) is 11.1. The summed E-state index contributed by atoms with van der Waals surface area (Å²) in [5.74, 6) is -0.284. The van der Waals surface area contributed by atoms with Gasteiger partial charge in [-0.2, -0.15) is 0 Å². The number of carboxylic acids is 1. The summed E-state index contributed by atoms with van der Waals surface area (Å²) in [5.41, 5.74) is -0.374. The van der Waals surface area contributed by atoms with Crippen molar-refractivity contribution in [3.63, 3.8) is 0 Å². The van der Waals surface area contributed by atoms with E-state index in [1.54, 1.807) is 13.8 Å². The number of pyridine rings is 1. The lowest BCUT2D eigenvalue weighted by atomic mass is 9.90. The summed E-state index contributed by atoms with van der Waals surface area (Å²) in [6, 6.07) is 0. The first-order valence-electron chi connectivity index (χ1n) is 6.04. The van der Waals surface area contributed by atoms with Crippen LogP contribution in [0.1, 0.15) is 18.9 Å². The molecule has 0 bridgehead atoms. The second-order valence-corrected chi connectivity index (χ2v) is 5.99. The summed E-state index contributed by atoms with van der Waals surface area (Å²) in [4.78, 5) is 27.6. The molecule has 1 aromatic rings. The second-order valence-electron chi connectivity index (χ2n) is 5.20. The minimum absolute atomic E-state index is 0.0548. The van der Waals surface area contributed by atoms with E-state index in [9.17, 15) is 20.0 Å². The van der Waals surface area contributed by atoms with Crippen molar-refractivity contribution in [2.45, 2.75) is 20.3 Å². The average Bonchev–Trinajstić information content (AvgIpc) is 2.76. The molecule has 108 valence electrons. The number of hydrogen-bond donors (Lipinski definition) is 1. The average molecular weight is 344 g/mol. The van der Waals surface area contributed by atoms with Crippen LogP contribution >= 0.6 is 15.9 Å². The Morgan fingerprint density at radius 1 is 1.65 bits per heavy atom. The summed E-state index contributed by atoms with van der Waals surface area (Å²) in [7, 11) is 0. The number of nitro groups is 1. The molecule has 20 heavy (non-hydrogen) atoms. The predicted octanol–water partition coefficient (Wildman–Crippen LogP) is 2.36. The number of aromatic nitrogens is 1. The van der Waals surface area contributed by atoms with Crippen molar-refractivity contribution in [2.75, 3.05) is 18.0 Å². The summed E-state index contributed by atoms with van der Waals surface area (Å²) < 4.78 is 0.543. The van der Waals surface area contributed by atoms with Gasteiger partial charge >= 0.3 is 5.97 Å². The highest BCUT2D eigenvalue weighted by atomic mass is 79.9. The van der Waals surface area contributed by atoms with Crippen molar-refractivity contribution in [3.8, 4) is 0 Å². The Hall–Kier alpha value is -1.70. The van der Waals surface area contributed by atoms with Crippen LogP contribution in [-0.2, 0) is 4.79 Å². The predicted molar refractivity (Wildman–Crippen MR) is 75.9 cm³/mol. The zero-order valence-corrected chi connectivity index (χ0v) is 12.7. The third kappa shape index (κ3) is 2.35. The Labute approximate surface area is 123 Å². The van der Waals surface area contributed by atoms with E-state index in [1.807, 2.05) is 4.90 Å². The maximum atomic E-state index is 11.2. The van der Waals surface area contributed by atoms with Crippen LogP contribution in [0.3, 0.4) is 0 Å². The van der Waals surface area contributed by atoms with Crippen LogP contribution in [0, 0.1) is 22.5 Å².